The molecule has 82 valence electrons. The summed E-state index contributed by atoms with van der Waals surface area (Å²) in [6, 6.07) is 0. The van der Waals surface area contributed by atoms with Crippen LogP contribution in [-0.4, -0.2) is 27.3 Å². The van der Waals surface area contributed by atoms with Crippen LogP contribution in [0.1, 0.15) is 24.0 Å². The summed E-state index contributed by atoms with van der Waals surface area (Å²) in [5.41, 5.74) is 1.38. The largest absolute Gasteiger partial charge is 0.481 e. The number of aliphatic hydroxyl groups excluding tert-OH is 1. The van der Waals surface area contributed by atoms with Crippen molar-refractivity contribution in [1.29, 1.82) is 0 Å². The lowest BCUT2D eigenvalue weighted by molar-refractivity contribution is -0.138. The standard InChI is InChI=1S/C10H13NO3S/c1-6(9(12)4-10(13)14)3-8-5-15-7(2)11-8/h3,5,9,12H,4H2,1-2H3,(H,13,14)/b6-3+. The number of aromatic nitrogens is 1. The van der Waals surface area contributed by atoms with E-state index in [4.69, 9.17) is 5.11 Å². The molecule has 0 aliphatic heterocycles. The van der Waals surface area contributed by atoms with Gasteiger partial charge in [-0.2, -0.15) is 0 Å². The Labute approximate surface area is 91.9 Å². The minimum absolute atomic E-state index is 0.272. The van der Waals surface area contributed by atoms with Crippen LogP contribution in [0.2, 0.25) is 0 Å². The molecule has 1 aromatic heterocycles. The van der Waals surface area contributed by atoms with Gasteiger partial charge >= 0.3 is 5.97 Å². The van der Waals surface area contributed by atoms with Gasteiger partial charge in [0.05, 0.1) is 23.2 Å². The number of carboxylic acids is 1. The van der Waals surface area contributed by atoms with Gasteiger partial charge in [-0.3, -0.25) is 4.79 Å². The number of hydrogen-bond donors (Lipinski definition) is 2. The highest BCUT2D eigenvalue weighted by Gasteiger charge is 2.11. The Bertz CT molecular complexity index is 384. The van der Waals surface area contributed by atoms with Gasteiger partial charge in [0.15, 0.2) is 0 Å². The third kappa shape index (κ3) is 3.81. The van der Waals surface area contributed by atoms with Crippen LogP contribution in [0.15, 0.2) is 11.0 Å². The number of hydrogen-bond acceptors (Lipinski definition) is 4. The second-order valence-corrected chi connectivity index (χ2v) is 4.36. The Kier molecular flexibility index (Phi) is 3.99. The molecular weight excluding hydrogens is 214 g/mol. The molecule has 1 aromatic rings. The van der Waals surface area contributed by atoms with E-state index in [0.717, 1.165) is 10.7 Å². The normalized spacial score (nSPS) is 13.9. The predicted molar refractivity (Wildman–Crippen MR) is 58.8 cm³/mol. The van der Waals surface area contributed by atoms with Gasteiger partial charge in [-0.1, -0.05) is 0 Å². The Balaban J connectivity index is 2.70. The van der Waals surface area contributed by atoms with E-state index in [2.05, 4.69) is 4.98 Å². The fourth-order valence-corrected chi connectivity index (χ4v) is 1.67. The number of carboxylic acid groups (broad SMARTS) is 1. The molecule has 0 saturated carbocycles. The molecule has 5 heteroatoms. The first-order valence-corrected chi connectivity index (χ1v) is 5.37. The van der Waals surface area contributed by atoms with Gasteiger partial charge in [0.25, 0.3) is 0 Å². The van der Waals surface area contributed by atoms with Crippen LogP contribution in [-0.2, 0) is 4.79 Å². The zero-order valence-corrected chi connectivity index (χ0v) is 9.41. The molecular formula is C10H13NO3S. The fourth-order valence-electron chi connectivity index (χ4n) is 1.10. The van der Waals surface area contributed by atoms with Gasteiger partial charge < -0.3 is 10.2 Å². The first-order valence-electron chi connectivity index (χ1n) is 4.49. The molecule has 2 N–H and O–H groups in total. The maximum absolute atomic E-state index is 10.4. The molecule has 1 rings (SSSR count). The van der Waals surface area contributed by atoms with Crippen molar-refractivity contribution < 1.29 is 15.0 Å². The van der Waals surface area contributed by atoms with Crippen molar-refractivity contribution in [2.24, 2.45) is 0 Å². The minimum atomic E-state index is -1.01. The SMILES string of the molecule is C/C(=C\c1csc(C)n1)C(O)CC(=O)O. The van der Waals surface area contributed by atoms with Crippen LogP contribution in [0.4, 0.5) is 0 Å². The molecule has 1 heterocycles. The molecule has 0 aliphatic carbocycles. The first-order chi connectivity index (χ1) is 6.99. The lowest BCUT2D eigenvalue weighted by Gasteiger charge is -2.07. The van der Waals surface area contributed by atoms with Crippen molar-refractivity contribution in [3.8, 4) is 0 Å². The van der Waals surface area contributed by atoms with Crippen LogP contribution < -0.4 is 0 Å². The zero-order chi connectivity index (χ0) is 11.4. The van der Waals surface area contributed by atoms with E-state index in [0.29, 0.717) is 5.57 Å². The summed E-state index contributed by atoms with van der Waals surface area (Å²) >= 11 is 1.52. The highest BCUT2D eigenvalue weighted by Crippen LogP contribution is 2.14. The van der Waals surface area contributed by atoms with Crippen LogP contribution in [0.25, 0.3) is 6.08 Å². The van der Waals surface area contributed by atoms with Crippen molar-refractivity contribution in [3.05, 3.63) is 21.7 Å². The van der Waals surface area contributed by atoms with E-state index in [-0.39, 0.29) is 6.42 Å². The van der Waals surface area contributed by atoms with Gasteiger partial charge in [-0.15, -0.1) is 11.3 Å². The number of rotatable bonds is 4. The van der Waals surface area contributed by atoms with Crippen molar-refractivity contribution >= 4 is 23.4 Å². The van der Waals surface area contributed by atoms with E-state index < -0.39 is 12.1 Å². The lowest BCUT2D eigenvalue weighted by Crippen LogP contribution is -2.13. The Hall–Kier alpha value is -1.20. The van der Waals surface area contributed by atoms with E-state index in [1.165, 1.54) is 11.3 Å². The number of aliphatic carboxylic acids is 1. The van der Waals surface area contributed by atoms with Crippen molar-refractivity contribution in [2.45, 2.75) is 26.4 Å². The summed E-state index contributed by atoms with van der Waals surface area (Å²) in [7, 11) is 0. The third-order valence-corrected chi connectivity index (χ3v) is 2.70. The Morgan fingerprint density at radius 3 is 2.87 bits per heavy atom. The number of carbonyl (C=O) groups is 1. The maximum atomic E-state index is 10.4. The molecule has 4 nitrogen and oxygen atoms in total. The predicted octanol–water partition coefficient (Wildman–Crippen LogP) is 1.69. The average Bonchev–Trinajstić information content (AvgIpc) is 2.50. The molecule has 1 atom stereocenters. The van der Waals surface area contributed by atoms with Crippen LogP contribution in [0, 0.1) is 6.92 Å². The van der Waals surface area contributed by atoms with Gasteiger partial charge in [-0.25, -0.2) is 4.98 Å². The molecule has 0 amide bonds. The molecule has 0 bridgehead atoms. The first kappa shape index (κ1) is 11.9. The van der Waals surface area contributed by atoms with Crippen LogP contribution >= 0.6 is 11.3 Å². The van der Waals surface area contributed by atoms with Crippen molar-refractivity contribution in [3.63, 3.8) is 0 Å². The zero-order valence-electron chi connectivity index (χ0n) is 8.60. The van der Waals surface area contributed by atoms with Gasteiger partial charge in [0, 0.05) is 5.38 Å². The van der Waals surface area contributed by atoms with E-state index in [9.17, 15) is 9.90 Å². The summed E-state index contributed by atoms with van der Waals surface area (Å²) < 4.78 is 0. The molecule has 0 radical (unpaired) electrons. The van der Waals surface area contributed by atoms with Gasteiger partial charge in [-0.05, 0) is 25.5 Å². The molecule has 1 unspecified atom stereocenters. The second-order valence-electron chi connectivity index (χ2n) is 3.29. The van der Waals surface area contributed by atoms with Crippen LogP contribution in [0.5, 0.6) is 0 Å². The van der Waals surface area contributed by atoms with E-state index >= 15 is 0 Å². The monoisotopic (exact) mass is 227 g/mol. The number of aryl methyl sites for hydroxylation is 1. The molecule has 0 aliphatic rings. The highest BCUT2D eigenvalue weighted by atomic mass is 32.1. The maximum Gasteiger partial charge on any atom is 0.306 e. The topological polar surface area (TPSA) is 70.4 Å². The third-order valence-electron chi connectivity index (χ3n) is 1.91. The molecule has 15 heavy (non-hydrogen) atoms. The summed E-state index contributed by atoms with van der Waals surface area (Å²) in [6.07, 6.45) is 0.493. The van der Waals surface area contributed by atoms with Gasteiger partial charge in [0.2, 0.25) is 0 Å². The highest BCUT2D eigenvalue weighted by molar-refractivity contribution is 7.09. The van der Waals surface area contributed by atoms with E-state index in [1.807, 2.05) is 12.3 Å². The van der Waals surface area contributed by atoms with Crippen molar-refractivity contribution in [1.82, 2.24) is 4.98 Å². The summed E-state index contributed by atoms with van der Waals surface area (Å²) in [4.78, 5) is 14.6. The van der Waals surface area contributed by atoms with E-state index in [1.54, 1.807) is 13.0 Å². The minimum Gasteiger partial charge on any atom is -0.481 e. The summed E-state index contributed by atoms with van der Waals surface area (Å²) in [6.45, 7) is 3.59. The molecule has 0 fully saturated rings. The smallest absolute Gasteiger partial charge is 0.306 e. The number of aliphatic hydroxyl groups is 1. The average molecular weight is 227 g/mol. The lowest BCUT2D eigenvalue weighted by atomic mass is 10.1. The fraction of sp³-hybridized carbons (Fsp3) is 0.400. The Morgan fingerprint density at radius 1 is 1.73 bits per heavy atom. The molecule has 0 spiro atoms. The number of thiazole rings is 1. The second kappa shape index (κ2) is 5.04. The quantitative estimate of drug-likeness (QED) is 0.821. The Morgan fingerprint density at radius 2 is 2.40 bits per heavy atom. The number of nitrogens with zero attached hydrogens (tertiary/aromatic N) is 1. The summed E-state index contributed by atoms with van der Waals surface area (Å²) in [5.74, 6) is -1.01. The van der Waals surface area contributed by atoms with Crippen LogP contribution in [0.3, 0.4) is 0 Å². The molecule has 0 aromatic carbocycles. The van der Waals surface area contributed by atoms with Gasteiger partial charge in [0.1, 0.15) is 0 Å². The molecule has 0 saturated heterocycles. The van der Waals surface area contributed by atoms with Crippen molar-refractivity contribution in [2.75, 3.05) is 0 Å². The summed E-state index contributed by atoms with van der Waals surface area (Å²) in [5, 5.41) is 20.8.